The van der Waals surface area contributed by atoms with Crippen LogP contribution in [0.25, 0.3) is 16.1 Å². The van der Waals surface area contributed by atoms with Crippen molar-refractivity contribution in [1.82, 2.24) is 20.3 Å². The zero-order chi connectivity index (χ0) is 23.1. The number of hydrazine groups is 1. The quantitative estimate of drug-likeness (QED) is 0.324. The van der Waals surface area contributed by atoms with Crippen LogP contribution in [0.3, 0.4) is 0 Å². The first-order chi connectivity index (χ1) is 16.0. The predicted molar refractivity (Wildman–Crippen MR) is 128 cm³/mol. The van der Waals surface area contributed by atoms with Crippen molar-refractivity contribution in [2.45, 2.75) is 63.7 Å². The lowest BCUT2D eigenvalue weighted by Gasteiger charge is -2.37. The third kappa shape index (κ3) is 4.20. The molecule has 10 heteroatoms. The van der Waals surface area contributed by atoms with Crippen molar-refractivity contribution in [3.05, 3.63) is 73.5 Å². The first-order valence-corrected chi connectivity index (χ1v) is 11.9. The first kappa shape index (κ1) is 22.2. The van der Waals surface area contributed by atoms with Gasteiger partial charge in [-0.05, 0) is 74.4 Å². The summed E-state index contributed by atoms with van der Waals surface area (Å²) in [7, 11) is 0. The van der Waals surface area contributed by atoms with Gasteiger partial charge in [0, 0.05) is 45.6 Å². The molecule has 0 saturated heterocycles. The fraction of sp³-hybridized carbons (Fsp3) is 0.435. The number of azide groups is 1. The average Bonchev–Trinajstić information content (AvgIpc) is 3.41. The summed E-state index contributed by atoms with van der Waals surface area (Å²) in [6.45, 7) is 2.02. The number of hydrogen-bond acceptors (Lipinski definition) is 4. The van der Waals surface area contributed by atoms with Crippen LogP contribution in [0.4, 0.5) is 0 Å². The van der Waals surface area contributed by atoms with Gasteiger partial charge in [-0.1, -0.05) is 28.3 Å². The number of fused-ring (bicyclic) bond motifs is 1. The normalized spacial score (nSPS) is 21.6. The van der Waals surface area contributed by atoms with Crippen LogP contribution in [-0.2, 0) is 6.54 Å². The van der Waals surface area contributed by atoms with Crippen LogP contribution in [0.15, 0.2) is 41.2 Å². The van der Waals surface area contributed by atoms with Gasteiger partial charge in [-0.3, -0.25) is 4.79 Å². The van der Waals surface area contributed by atoms with Crippen LogP contribution < -0.4 is 10.9 Å². The summed E-state index contributed by atoms with van der Waals surface area (Å²) in [5.74, 6) is 0.0315. The van der Waals surface area contributed by atoms with Gasteiger partial charge in [-0.2, -0.15) is 0 Å². The Morgan fingerprint density at radius 3 is 2.76 bits per heavy atom. The smallest absolute Gasteiger partial charge is 0.256 e. The molecule has 2 fully saturated rings. The van der Waals surface area contributed by atoms with Crippen molar-refractivity contribution >= 4 is 29.1 Å². The summed E-state index contributed by atoms with van der Waals surface area (Å²) in [6, 6.07) is 7.91. The van der Waals surface area contributed by atoms with Crippen LogP contribution in [0.5, 0.6) is 0 Å². The van der Waals surface area contributed by atoms with Crippen molar-refractivity contribution in [2.75, 3.05) is 0 Å². The summed E-state index contributed by atoms with van der Waals surface area (Å²) in [4.78, 5) is 19.0. The van der Waals surface area contributed by atoms with Crippen LogP contribution in [0.2, 0.25) is 10.0 Å². The molecule has 1 aromatic carbocycles. The number of nitrogens with zero attached hydrogens (tertiary/aromatic N) is 5. The van der Waals surface area contributed by atoms with E-state index in [0.29, 0.717) is 33.0 Å². The summed E-state index contributed by atoms with van der Waals surface area (Å²) in [6.07, 6.45) is 6.96. The standard InChI is InChI=1S/C23H25Cl2N7O/c1-13-19(10-18(12-28-30-26)31(13)22-7-2-15(24)9-20(22)25)23(33)32(16-3-4-16)17-5-6-21-14(8-17)11-27-29-21/h2,7,9-11,16-17,21,27,29H,3-6,8,12H2,1H3. The van der Waals surface area contributed by atoms with E-state index in [2.05, 4.69) is 25.8 Å². The number of aromatic nitrogens is 1. The molecule has 3 aliphatic rings. The summed E-state index contributed by atoms with van der Waals surface area (Å²) >= 11 is 12.6. The van der Waals surface area contributed by atoms with Gasteiger partial charge in [0.05, 0.1) is 22.8 Å². The molecule has 8 nitrogen and oxygen atoms in total. The lowest BCUT2D eigenvalue weighted by molar-refractivity contribution is 0.0628. The number of halogens is 2. The van der Waals surface area contributed by atoms with E-state index in [4.69, 9.17) is 28.7 Å². The Kier molecular flexibility index (Phi) is 6.01. The monoisotopic (exact) mass is 485 g/mol. The van der Waals surface area contributed by atoms with E-state index in [-0.39, 0.29) is 24.5 Å². The van der Waals surface area contributed by atoms with Gasteiger partial charge < -0.3 is 14.9 Å². The van der Waals surface area contributed by atoms with E-state index < -0.39 is 0 Å². The van der Waals surface area contributed by atoms with Gasteiger partial charge in [-0.15, -0.1) is 0 Å². The average molecular weight is 486 g/mol. The summed E-state index contributed by atoms with van der Waals surface area (Å²) in [5.41, 5.74) is 19.4. The fourth-order valence-electron chi connectivity index (χ4n) is 5.09. The van der Waals surface area contributed by atoms with E-state index in [9.17, 15) is 4.79 Å². The molecule has 0 radical (unpaired) electrons. The molecule has 2 unspecified atom stereocenters. The SMILES string of the molecule is Cc1c(C(=O)N(C2CC2)C2CCC3NNC=C3C2)cc(CN=[N+]=[N-])n1-c1ccc(Cl)cc1Cl. The molecule has 2 atom stereocenters. The summed E-state index contributed by atoms with van der Waals surface area (Å²) in [5, 5.41) is 4.75. The Morgan fingerprint density at radius 1 is 1.24 bits per heavy atom. The maximum Gasteiger partial charge on any atom is 0.256 e. The van der Waals surface area contributed by atoms with E-state index in [1.165, 1.54) is 5.57 Å². The van der Waals surface area contributed by atoms with Gasteiger partial charge in [0.15, 0.2) is 0 Å². The molecule has 33 heavy (non-hydrogen) atoms. The molecule has 1 aliphatic heterocycles. The highest BCUT2D eigenvalue weighted by Crippen LogP contribution is 2.38. The van der Waals surface area contributed by atoms with E-state index >= 15 is 0 Å². The number of benzene rings is 1. The van der Waals surface area contributed by atoms with Crippen LogP contribution in [0, 0.1) is 6.92 Å². The largest absolute Gasteiger partial charge is 0.332 e. The molecule has 1 amide bonds. The minimum atomic E-state index is 0.0315. The Hall–Kier alpha value is -2.64. The fourth-order valence-corrected chi connectivity index (χ4v) is 5.58. The second-order valence-corrected chi connectivity index (χ2v) is 9.74. The third-order valence-corrected chi connectivity index (χ3v) is 7.33. The molecule has 2 heterocycles. The maximum atomic E-state index is 14.0. The number of carbonyl (C=O) groups is 1. The third-order valence-electron chi connectivity index (χ3n) is 6.79. The lowest BCUT2D eigenvalue weighted by Crippen LogP contribution is -2.46. The topological polar surface area (TPSA) is 98.1 Å². The summed E-state index contributed by atoms with van der Waals surface area (Å²) < 4.78 is 1.90. The highest BCUT2D eigenvalue weighted by atomic mass is 35.5. The number of amides is 1. The molecule has 2 aromatic rings. The van der Waals surface area contributed by atoms with Crippen molar-refractivity contribution in [1.29, 1.82) is 0 Å². The molecule has 5 rings (SSSR count). The van der Waals surface area contributed by atoms with Crippen molar-refractivity contribution in [3.63, 3.8) is 0 Å². The molecular weight excluding hydrogens is 461 g/mol. The van der Waals surface area contributed by atoms with Crippen molar-refractivity contribution in [2.24, 2.45) is 5.11 Å². The first-order valence-electron chi connectivity index (χ1n) is 11.2. The Morgan fingerprint density at radius 2 is 2.03 bits per heavy atom. The molecule has 2 aliphatic carbocycles. The van der Waals surface area contributed by atoms with E-state index in [1.807, 2.05) is 29.8 Å². The van der Waals surface area contributed by atoms with Crippen LogP contribution in [0.1, 0.15) is 53.8 Å². The lowest BCUT2D eigenvalue weighted by atomic mass is 9.86. The Balaban J connectivity index is 1.53. The van der Waals surface area contributed by atoms with E-state index in [0.717, 1.165) is 37.8 Å². The number of carbonyl (C=O) groups excluding carboxylic acids is 1. The number of nitrogens with one attached hydrogen (secondary N) is 2. The maximum absolute atomic E-state index is 14.0. The van der Waals surface area contributed by atoms with Gasteiger partial charge in [0.1, 0.15) is 0 Å². The molecule has 2 N–H and O–H groups in total. The van der Waals surface area contributed by atoms with Gasteiger partial charge in [-0.25, -0.2) is 5.43 Å². The van der Waals surface area contributed by atoms with Gasteiger partial charge >= 0.3 is 0 Å². The van der Waals surface area contributed by atoms with Crippen molar-refractivity contribution < 1.29 is 4.79 Å². The molecule has 0 bridgehead atoms. The van der Waals surface area contributed by atoms with Crippen LogP contribution >= 0.6 is 23.2 Å². The Bertz CT molecular complexity index is 1180. The minimum absolute atomic E-state index is 0.0315. The Labute approximate surface area is 202 Å². The van der Waals surface area contributed by atoms with Crippen molar-refractivity contribution in [3.8, 4) is 5.69 Å². The molecule has 0 spiro atoms. The zero-order valence-corrected chi connectivity index (χ0v) is 19.8. The highest BCUT2D eigenvalue weighted by Gasteiger charge is 2.41. The second kappa shape index (κ2) is 8.95. The molecular formula is C23H25Cl2N7O. The van der Waals surface area contributed by atoms with Gasteiger partial charge in [0.25, 0.3) is 5.91 Å². The van der Waals surface area contributed by atoms with Crippen LogP contribution in [-0.4, -0.2) is 33.5 Å². The second-order valence-electron chi connectivity index (χ2n) is 8.89. The van der Waals surface area contributed by atoms with E-state index in [1.54, 1.807) is 12.1 Å². The van der Waals surface area contributed by atoms with Gasteiger partial charge in [0.2, 0.25) is 0 Å². The molecule has 2 saturated carbocycles. The highest BCUT2D eigenvalue weighted by molar-refractivity contribution is 6.35. The predicted octanol–water partition coefficient (Wildman–Crippen LogP) is 5.42. The minimum Gasteiger partial charge on any atom is -0.332 e. The zero-order valence-electron chi connectivity index (χ0n) is 18.3. The number of hydrogen-bond donors (Lipinski definition) is 2. The molecule has 172 valence electrons. The number of rotatable bonds is 6. The molecule has 1 aromatic heterocycles.